The first-order valence-electron chi connectivity index (χ1n) is 9.25. The van der Waals surface area contributed by atoms with Crippen molar-refractivity contribution in [3.05, 3.63) is 72.3 Å². The molecule has 7 nitrogen and oxygen atoms in total. The van der Waals surface area contributed by atoms with E-state index in [1.807, 2.05) is 19.1 Å². The highest BCUT2D eigenvalue weighted by atomic mass is 32.2. The fraction of sp³-hybridized carbons (Fsp3) is 0.182. The van der Waals surface area contributed by atoms with E-state index in [-0.39, 0.29) is 36.0 Å². The number of nitrogens with zero attached hydrogens (tertiary/aromatic N) is 2. The van der Waals surface area contributed by atoms with Crippen molar-refractivity contribution < 1.29 is 19.5 Å². The lowest BCUT2D eigenvalue weighted by Crippen LogP contribution is -2.33. The molecule has 2 N–H and O–H groups in total. The summed E-state index contributed by atoms with van der Waals surface area (Å²) in [6, 6.07) is 13.7. The van der Waals surface area contributed by atoms with Gasteiger partial charge in [0.15, 0.2) is 5.17 Å². The first kappa shape index (κ1) is 21.3. The highest BCUT2D eigenvalue weighted by Crippen LogP contribution is 2.32. The number of hydrogen-bond donors (Lipinski definition) is 2. The van der Waals surface area contributed by atoms with Gasteiger partial charge in [0, 0.05) is 18.7 Å². The van der Waals surface area contributed by atoms with Crippen LogP contribution in [0, 0.1) is 6.92 Å². The number of para-hydroxylation sites is 1. The van der Waals surface area contributed by atoms with Crippen LogP contribution in [0.1, 0.15) is 22.3 Å². The van der Waals surface area contributed by atoms with Crippen LogP contribution in [0.25, 0.3) is 0 Å². The smallest absolute Gasteiger partial charge is 0.337 e. The molecule has 8 heteroatoms. The minimum absolute atomic E-state index is 0.0232. The van der Waals surface area contributed by atoms with E-state index >= 15 is 0 Å². The van der Waals surface area contributed by atoms with Gasteiger partial charge in [-0.1, -0.05) is 47.7 Å². The maximum absolute atomic E-state index is 12.8. The van der Waals surface area contributed by atoms with Crippen LogP contribution in [0.3, 0.4) is 0 Å². The lowest BCUT2D eigenvalue weighted by atomic mass is 10.2. The molecule has 2 amide bonds. The lowest BCUT2D eigenvalue weighted by molar-refractivity contribution is -0.127. The Morgan fingerprint density at radius 3 is 2.60 bits per heavy atom. The summed E-state index contributed by atoms with van der Waals surface area (Å²) in [5.74, 6) is -1.64. The van der Waals surface area contributed by atoms with Gasteiger partial charge in [0.1, 0.15) is 5.25 Å². The van der Waals surface area contributed by atoms with E-state index in [9.17, 15) is 19.5 Å². The van der Waals surface area contributed by atoms with Crippen molar-refractivity contribution in [2.75, 3.05) is 11.9 Å². The van der Waals surface area contributed by atoms with Crippen molar-refractivity contribution in [1.82, 2.24) is 4.90 Å². The Labute approximate surface area is 178 Å². The van der Waals surface area contributed by atoms with Gasteiger partial charge >= 0.3 is 5.97 Å². The van der Waals surface area contributed by atoms with Crippen LogP contribution < -0.4 is 5.32 Å². The number of rotatable bonds is 7. The molecule has 1 fully saturated rings. The van der Waals surface area contributed by atoms with Crippen molar-refractivity contribution in [3.63, 3.8) is 0 Å². The van der Waals surface area contributed by atoms with Gasteiger partial charge in [-0.2, -0.15) is 0 Å². The number of nitrogens with one attached hydrogen (secondary N) is 1. The van der Waals surface area contributed by atoms with Gasteiger partial charge in [-0.05, 0) is 31.2 Å². The number of hydrogen-bond acceptors (Lipinski definition) is 5. The van der Waals surface area contributed by atoms with Crippen LogP contribution in [0.4, 0.5) is 11.4 Å². The molecular formula is C22H21N3O4S. The molecular weight excluding hydrogens is 402 g/mol. The van der Waals surface area contributed by atoms with Crippen molar-refractivity contribution in [3.8, 4) is 0 Å². The maximum atomic E-state index is 12.8. The van der Waals surface area contributed by atoms with Crippen molar-refractivity contribution in [1.29, 1.82) is 0 Å². The van der Waals surface area contributed by atoms with E-state index in [0.717, 1.165) is 17.3 Å². The third kappa shape index (κ3) is 4.96. The molecule has 2 aromatic rings. The van der Waals surface area contributed by atoms with Crippen LogP contribution >= 0.6 is 11.8 Å². The number of anilines is 1. The molecule has 1 aliphatic heterocycles. The second-order valence-electron chi connectivity index (χ2n) is 6.68. The van der Waals surface area contributed by atoms with Crippen LogP contribution in [0.15, 0.2) is 66.2 Å². The zero-order valence-electron chi connectivity index (χ0n) is 16.4. The summed E-state index contributed by atoms with van der Waals surface area (Å²) in [6.45, 7) is 5.84. The number of aliphatic imine (C=N–C) groups is 1. The minimum Gasteiger partial charge on any atom is -0.478 e. The van der Waals surface area contributed by atoms with Gasteiger partial charge in [-0.3, -0.25) is 14.5 Å². The average Bonchev–Trinajstić information content (AvgIpc) is 2.99. The number of thioether (sulfide) groups is 1. The predicted molar refractivity (Wildman–Crippen MR) is 118 cm³/mol. The Hall–Kier alpha value is -3.39. The molecule has 0 radical (unpaired) electrons. The van der Waals surface area contributed by atoms with Gasteiger partial charge in [-0.25, -0.2) is 9.79 Å². The monoisotopic (exact) mass is 423 g/mol. The molecule has 1 aliphatic rings. The maximum Gasteiger partial charge on any atom is 0.337 e. The molecule has 0 spiro atoms. The Bertz CT molecular complexity index is 1020. The Morgan fingerprint density at radius 1 is 1.23 bits per heavy atom. The summed E-state index contributed by atoms with van der Waals surface area (Å²) in [6.07, 6.45) is 1.54. The summed E-state index contributed by atoms with van der Waals surface area (Å²) in [5, 5.41) is 11.9. The highest BCUT2D eigenvalue weighted by Gasteiger charge is 2.38. The molecule has 0 unspecified atom stereocenters. The number of amidine groups is 1. The first-order valence-corrected chi connectivity index (χ1v) is 10.1. The van der Waals surface area contributed by atoms with E-state index in [0.29, 0.717) is 10.9 Å². The van der Waals surface area contributed by atoms with Crippen LogP contribution in [0.5, 0.6) is 0 Å². The molecule has 0 aliphatic carbocycles. The molecule has 3 rings (SSSR count). The largest absolute Gasteiger partial charge is 0.478 e. The predicted octanol–water partition coefficient (Wildman–Crippen LogP) is 3.84. The summed E-state index contributed by atoms with van der Waals surface area (Å²) in [7, 11) is 0. The fourth-order valence-corrected chi connectivity index (χ4v) is 4.05. The topological polar surface area (TPSA) is 99.1 Å². The quantitative estimate of drug-likeness (QED) is 0.659. The molecule has 2 aromatic carbocycles. The molecule has 0 bridgehead atoms. The Kier molecular flexibility index (Phi) is 6.68. The summed E-state index contributed by atoms with van der Waals surface area (Å²) < 4.78 is 0. The van der Waals surface area contributed by atoms with Gasteiger partial charge in [0.2, 0.25) is 11.8 Å². The van der Waals surface area contributed by atoms with Crippen LogP contribution in [0.2, 0.25) is 0 Å². The number of carbonyl (C=O) groups is 3. The molecule has 1 saturated heterocycles. The van der Waals surface area contributed by atoms with Gasteiger partial charge in [0.25, 0.3) is 0 Å². The number of carboxylic acids is 1. The normalized spacial score (nSPS) is 17.2. The highest BCUT2D eigenvalue weighted by molar-refractivity contribution is 8.15. The summed E-state index contributed by atoms with van der Waals surface area (Å²) in [5.41, 5.74) is 2.03. The average molecular weight is 423 g/mol. The van der Waals surface area contributed by atoms with Crippen LogP contribution in [-0.4, -0.2) is 44.8 Å². The van der Waals surface area contributed by atoms with Crippen molar-refractivity contribution in [2.24, 2.45) is 4.99 Å². The van der Waals surface area contributed by atoms with E-state index in [1.165, 1.54) is 11.0 Å². The second-order valence-corrected chi connectivity index (χ2v) is 7.85. The molecule has 1 atom stereocenters. The van der Waals surface area contributed by atoms with Crippen LogP contribution in [-0.2, 0) is 9.59 Å². The molecule has 0 saturated carbocycles. The number of amides is 2. The number of carbonyl (C=O) groups excluding carboxylic acids is 2. The van der Waals surface area contributed by atoms with Gasteiger partial charge in [0.05, 0.1) is 11.3 Å². The summed E-state index contributed by atoms with van der Waals surface area (Å²) >= 11 is 1.15. The van der Waals surface area contributed by atoms with Crippen molar-refractivity contribution >= 4 is 46.1 Å². The fourth-order valence-electron chi connectivity index (χ4n) is 2.89. The van der Waals surface area contributed by atoms with Gasteiger partial charge in [-0.15, -0.1) is 6.58 Å². The SMILES string of the molecule is C=CCN1C(=O)[C@H](CC(=O)Nc2ccc(C)cc2)SC1=Nc1ccccc1C(=O)O. The molecule has 0 aromatic heterocycles. The number of carboxylic acid groups (broad SMARTS) is 1. The number of aromatic carboxylic acids is 1. The van der Waals surface area contributed by atoms with E-state index in [4.69, 9.17) is 0 Å². The minimum atomic E-state index is -1.10. The Morgan fingerprint density at radius 2 is 1.93 bits per heavy atom. The molecule has 1 heterocycles. The van der Waals surface area contributed by atoms with E-state index in [1.54, 1.807) is 36.4 Å². The van der Waals surface area contributed by atoms with E-state index in [2.05, 4.69) is 16.9 Å². The van der Waals surface area contributed by atoms with Gasteiger partial charge < -0.3 is 10.4 Å². The standard InChI is InChI=1S/C22H21N3O4S/c1-3-12-25-20(27)18(13-19(26)23-15-10-8-14(2)9-11-15)30-22(25)24-17-7-5-4-6-16(17)21(28)29/h3-11,18H,1,12-13H2,2H3,(H,23,26)(H,28,29)/t18-/m0/s1. The molecule has 154 valence electrons. The zero-order valence-corrected chi connectivity index (χ0v) is 17.2. The number of aryl methyl sites for hydroxylation is 1. The third-order valence-corrected chi connectivity index (χ3v) is 5.56. The summed E-state index contributed by atoms with van der Waals surface area (Å²) in [4.78, 5) is 42.5. The lowest BCUT2D eigenvalue weighted by Gasteiger charge is -2.14. The second kappa shape index (κ2) is 9.41. The number of benzene rings is 2. The third-order valence-electron chi connectivity index (χ3n) is 4.39. The van der Waals surface area contributed by atoms with E-state index < -0.39 is 11.2 Å². The van der Waals surface area contributed by atoms with Crippen molar-refractivity contribution in [2.45, 2.75) is 18.6 Å². The zero-order chi connectivity index (χ0) is 21.7. The first-order chi connectivity index (χ1) is 14.4. The Balaban J connectivity index is 1.79. The molecule has 30 heavy (non-hydrogen) atoms.